The van der Waals surface area contributed by atoms with Crippen LogP contribution in [0.2, 0.25) is 0 Å². The number of amides is 1. The van der Waals surface area contributed by atoms with Crippen LogP contribution in [-0.2, 0) is 4.79 Å². The Morgan fingerprint density at radius 2 is 1.94 bits per heavy atom. The van der Waals surface area contributed by atoms with Gasteiger partial charge in [-0.25, -0.2) is 0 Å². The number of hydrogen-bond donors (Lipinski definition) is 1. The molecule has 1 N–H and O–H groups in total. The number of nitro groups is 1. The standard InChI is InChI=1S/C10H10N2O5/c13-6-11-7-4-9-10(5-8(7)12(14)15)17-3-1-2-16-9/h4-6H,1-3H2,(H,11,13). The highest BCUT2D eigenvalue weighted by Gasteiger charge is 2.21. The van der Waals surface area contributed by atoms with E-state index in [1.807, 2.05) is 0 Å². The fourth-order valence-corrected chi connectivity index (χ4v) is 1.53. The van der Waals surface area contributed by atoms with E-state index >= 15 is 0 Å². The Kier molecular flexibility index (Phi) is 3.08. The summed E-state index contributed by atoms with van der Waals surface area (Å²) in [6, 6.07) is 2.65. The first kappa shape index (κ1) is 11.2. The van der Waals surface area contributed by atoms with Crippen molar-refractivity contribution >= 4 is 17.8 Å². The summed E-state index contributed by atoms with van der Waals surface area (Å²) in [5.74, 6) is 0.725. The zero-order valence-corrected chi connectivity index (χ0v) is 8.84. The first-order valence-corrected chi connectivity index (χ1v) is 5.00. The van der Waals surface area contributed by atoms with E-state index in [0.29, 0.717) is 37.5 Å². The maximum atomic E-state index is 10.8. The molecule has 1 aliphatic heterocycles. The van der Waals surface area contributed by atoms with Crippen LogP contribution in [0, 0.1) is 10.1 Å². The van der Waals surface area contributed by atoms with E-state index < -0.39 is 4.92 Å². The average molecular weight is 238 g/mol. The van der Waals surface area contributed by atoms with Crippen LogP contribution in [0.1, 0.15) is 6.42 Å². The van der Waals surface area contributed by atoms with Crippen LogP contribution in [0.25, 0.3) is 0 Å². The molecule has 17 heavy (non-hydrogen) atoms. The fourth-order valence-electron chi connectivity index (χ4n) is 1.53. The molecular weight excluding hydrogens is 228 g/mol. The topological polar surface area (TPSA) is 90.7 Å². The van der Waals surface area contributed by atoms with Crippen LogP contribution in [0.5, 0.6) is 11.5 Å². The van der Waals surface area contributed by atoms with E-state index in [4.69, 9.17) is 9.47 Å². The summed E-state index contributed by atoms with van der Waals surface area (Å²) in [5.41, 5.74) is -0.129. The third kappa shape index (κ3) is 2.27. The molecular formula is C10H10N2O5. The summed E-state index contributed by atoms with van der Waals surface area (Å²) in [6.07, 6.45) is 1.09. The van der Waals surface area contributed by atoms with Crippen LogP contribution >= 0.6 is 0 Å². The number of fused-ring (bicyclic) bond motifs is 1. The molecule has 0 aromatic heterocycles. The van der Waals surface area contributed by atoms with Gasteiger partial charge in [-0.05, 0) is 0 Å². The van der Waals surface area contributed by atoms with Crippen molar-refractivity contribution in [3.05, 3.63) is 22.2 Å². The van der Waals surface area contributed by atoms with Gasteiger partial charge in [-0.1, -0.05) is 0 Å². The minimum absolute atomic E-state index is 0.0919. The summed E-state index contributed by atoms with van der Waals surface area (Å²) in [5, 5.41) is 13.1. The van der Waals surface area contributed by atoms with Gasteiger partial charge in [-0.2, -0.15) is 0 Å². The lowest BCUT2D eigenvalue weighted by atomic mass is 10.2. The van der Waals surface area contributed by atoms with Gasteiger partial charge in [0.2, 0.25) is 6.41 Å². The van der Waals surface area contributed by atoms with Crippen molar-refractivity contribution in [2.75, 3.05) is 18.5 Å². The average Bonchev–Trinajstić information content (AvgIpc) is 2.52. The molecule has 2 rings (SSSR count). The molecule has 0 atom stereocenters. The molecule has 90 valence electrons. The smallest absolute Gasteiger partial charge is 0.296 e. The zero-order valence-electron chi connectivity index (χ0n) is 8.84. The first-order valence-electron chi connectivity index (χ1n) is 5.00. The van der Waals surface area contributed by atoms with Gasteiger partial charge in [0.1, 0.15) is 5.69 Å². The van der Waals surface area contributed by atoms with E-state index in [1.165, 1.54) is 12.1 Å². The van der Waals surface area contributed by atoms with E-state index in [1.54, 1.807) is 0 Å². The molecule has 0 unspecified atom stereocenters. The molecule has 0 saturated carbocycles. The van der Waals surface area contributed by atoms with E-state index in [2.05, 4.69) is 5.32 Å². The Morgan fingerprint density at radius 3 is 2.53 bits per heavy atom. The van der Waals surface area contributed by atoms with Gasteiger partial charge in [0, 0.05) is 12.5 Å². The normalized spacial score (nSPS) is 13.6. The highest BCUT2D eigenvalue weighted by molar-refractivity contribution is 5.80. The molecule has 7 heteroatoms. The van der Waals surface area contributed by atoms with Gasteiger partial charge < -0.3 is 14.8 Å². The highest BCUT2D eigenvalue weighted by atomic mass is 16.6. The van der Waals surface area contributed by atoms with Gasteiger partial charge in [0.05, 0.1) is 24.2 Å². The molecule has 0 spiro atoms. The summed E-state index contributed by atoms with van der Waals surface area (Å²) in [4.78, 5) is 20.6. The first-order chi connectivity index (χ1) is 8.22. The van der Waals surface area contributed by atoms with Gasteiger partial charge in [-0.3, -0.25) is 14.9 Å². The second kappa shape index (κ2) is 4.69. The number of ether oxygens (including phenoxy) is 2. The summed E-state index contributed by atoms with van der Waals surface area (Å²) >= 11 is 0. The van der Waals surface area contributed by atoms with Crippen LogP contribution in [0.15, 0.2) is 12.1 Å². The molecule has 1 amide bonds. The van der Waals surface area contributed by atoms with Gasteiger partial charge in [-0.15, -0.1) is 0 Å². The number of nitrogens with zero attached hydrogens (tertiary/aromatic N) is 1. The number of anilines is 1. The minimum Gasteiger partial charge on any atom is -0.489 e. The zero-order chi connectivity index (χ0) is 12.3. The predicted molar refractivity (Wildman–Crippen MR) is 58.4 cm³/mol. The third-order valence-electron chi connectivity index (χ3n) is 2.28. The fraction of sp³-hybridized carbons (Fsp3) is 0.300. The number of nitrogens with one attached hydrogen (secondary N) is 1. The molecule has 1 aromatic carbocycles. The van der Waals surface area contributed by atoms with Crippen LogP contribution in [-0.4, -0.2) is 24.5 Å². The van der Waals surface area contributed by atoms with Crippen molar-refractivity contribution in [1.82, 2.24) is 0 Å². The lowest BCUT2D eigenvalue weighted by Gasteiger charge is -2.09. The molecule has 0 aliphatic carbocycles. The van der Waals surface area contributed by atoms with Crippen molar-refractivity contribution in [1.29, 1.82) is 0 Å². The number of carbonyl (C=O) groups excluding carboxylic acids is 1. The van der Waals surface area contributed by atoms with E-state index in [9.17, 15) is 14.9 Å². The highest BCUT2D eigenvalue weighted by Crippen LogP contribution is 2.38. The SMILES string of the molecule is O=CNc1cc2c(cc1[N+](=O)[O-])OCCCO2. The Balaban J connectivity index is 2.48. The Bertz CT molecular complexity index is 460. The third-order valence-corrected chi connectivity index (χ3v) is 2.28. The lowest BCUT2D eigenvalue weighted by Crippen LogP contribution is -2.01. The molecule has 7 nitrogen and oxygen atoms in total. The maximum Gasteiger partial charge on any atom is 0.296 e. The largest absolute Gasteiger partial charge is 0.489 e. The Morgan fingerprint density at radius 1 is 1.29 bits per heavy atom. The predicted octanol–water partition coefficient (Wildman–Crippen LogP) is 1.32. The summed E-state index contributed by atoms with van der Waals surface area (Å²) in [7, 11) is 0. The van der Waals surface area contributed by atoms with Crippen LogP contribution < -0.4 is 14.8 Å². The van der Waals surface area contributed by atoms with Gasteiger partial charge in [0.15, 0.2) is 11.5 Å². The number of rotatable bonds is 3. The van der Waals surface area contributed by atoms with Crippen molar-refractivity contribution in [2.24, 2.45) is 0 Å². The molecule has 0 fully saturated rings. The summed E-state index contributed by atoms with van der Waals surface area (Å²) in [6.45, 7) is 0.927. The van der Waals surface area contributed by atoms with Gasteiger partial charge >= 0.3 is 0 Å². The second-order valence-corrected chi connectivity index (χ2v) is 3.39. The van der Waals surface area contributed by atoms with Crippen LogP contribution in [0.4, 0.5) is 11.4 Å². The molecule has 0 radical (unpaired) electrons. The summed E-state index contributed by atoms with van der Waals surface area (Å²) < 4.78 is 10.7. The van der Waals surface area contributed by atoms with Crippen LogP contribution in [0.3, 0.4) is 0 Å². The monoisotopic (exact) mass is 238 g/mol. The minimum atomic E-state index is -0.583. The van der Waals surface area contributed by atoms with Crippen molar-refractivity contribution < 1.29 is 19.2 Å². The second-order valence-electron chi connectivity index (χ2n) is 3.39. The molecule has 0 bridgehead atoms. The number of carbonyl (C=O) groups is 1. The quantitative estimate of drug-likeness (QED) is 0.487. The van der Waals surface area contributed by atoms with Crippen molar-refractivity contribution in [3.63, 3.8) is 0 Å². The van der Waals surface area contributed by atoms with Gasteiger partial charge in [0.25, 0.3) is 5.69 Å². The van der Waals surface area contributed by atoms with E-state index in [0.717, 1.165) is 0 Å². The Labute approximate surface area is 96.5 Å². The van der Waals surface area contributed by atoms with Crippen molar-refractivity contribution in [2.45, 2.75) is 6.42 Å². The number of benzene rings is 1. The van der Waals surface area contributed by atoms with E-state index in [-0.39, 0.29) is 11.4 Å². The lowest BCUT2D eigenvalue weighted by molar-refractivity contribution is -0.384. The number of nitro benzene ring substituents is 1. The molecule has 1 aliphatic rings. The maximum absolute atomic E-state index is 10.8. The molecule has 0 saturated heterocycles. The van der Waals surface area contributed by atoms with Crippen molar-refractivity contribution in [3.8, 4) is 11.5 Å². The molecule has 1 heterocycles. The number of hydrogen-bond acceptors (Lipinski definition) is 5. The Hall–Kier alpha value is -2.31. The molecule has 1 aromatic rings.